The molecule has 0 aliphatic carbocycles. The average molecular weight is 1930 g/mol. The zero-order chi connectivity index (χ0) is 93.9. The summed E-state index contributed by atoms with van der Waals surface area (Å²) in [5.41, 5.74) is 36.3. The van der Waals surface area contributed by atoms with Crippen LogP contribution in [0, 0.1) is 40.5 Å². The average Bonchev–Trinajstić information content (AvgIpc) is 1.62. The van der Waals surface area contributed by atoms with Crippen LogP contribution in [0.2, 0.25) is 0 Å². The van der Waals surface area contributed by atoms with Crippen LogP contribution in [0.3, 0.4) is 0 Å². The monoisotopic (exact) mass is 1930 g/mol. The van der Waals surface area contributed by atoms with E-state index in [1.54, 1.807) is 37.4 Å². The molecule has 12 heterocycles. The van der Waals surface area contributed by atoms with Crippen molar-refractivity contribution in [1.82, 2.24) is 60.5 Å². The van der Waals surface area contributed by atoms with Gasteiger partial charge in [0.1, 0.15) is 0 Å². The van der Waals surface area contributed by atoms with Crippen LogP contribution in [0.5, 0.6) is 0 Å². The smallest absolute Gasteiger partial charge is 1.00 e. The Balaban J connectivity index is 0.00000100. The molecule has 0 saturated carbocycles. The van der Waals surface area contributed by atoms with Gasteiger partial charge in [-0.25, -0.2) is 24.9 Å². The number of allylic oxidation sites excluding steroid dienone is 7. The van der Waals surface area contributed by atoms with E-state index in [-0.39, 0.29) is 96.5 Å². The van der Waals surface area contributed by atoms with E-state index in [1.165, 1.54) is 22.3 Å². The van der Waals surface area contributed by atoms with Gasteiger partial charge in [-0.1, -0.05) is 272 Å². The normalized spacial score (nSPS) is 12.5. The number of H-pyrrole nitrogens is 2. The van der Waals surface area contributed by atoms with Gasteiger partial charge < -0.3 is 86.6 Å². The molecule has 0 spiro atoms. The number of carboxylic acid groups (broad SMARTS) is 2. The molecule has 0 saturated heterocycles. The summed E-state index contributed by atoms with van der Waals surface area (Å²) in [5, 5.41) is 31.9. The Labute approximate surface area is 824 Å². The van der Waals surface area contributed by atoms with Gasteiger partial charge in [0.15, 0.2) is 0 Å². The number of imidazole rings is 2. The summed E-state index contributed by atoms with van der Waals surface area (Å²) < 4.78 is 0. The standard InChI is InChI=1S/C48H52N6O2.C34H39N4O4.C7H9N.2C3H4N2.2C3H7.3C2H6.CH4.2ClH.2Co/c1-7-35-29(3)39-23-40-31(5)37(19-21-47(55)49-27-33-15-11-9-12-16-33)45(53-40)26-46-38(20-22-48(56)50-28-34-17-13-10-14-18-34)32(6)42(54-46)25-44-36(8-2)30(4)41(52-44)24-43(35)51-39;1-7-21-17(3)25-13-26-19(5)23(9-11-33(39)40)31(37-26)16-32-24(10-12-34(41)42)20(6)28(38-32)15-30-22(8-2)18(4)27(36-30)14-29(21)35-25;8-6-7-4-2-1-3-5-7;2*1-2-5-3-4-1;2*1-3-2;3*1-2;;;;;/h9-18,23-26H,7-8,19-22,27-28H2,1-6H3,(H4,49,50,51,52,53,54,55,56);13-16,26H,7-12H2,1-6H3,(H4-,35,36,37,38,39,40,41,42);1-5H,6,8H2;2*1-3H,(H,4,5);2*3H,1-2H3;3*1-2H3;1H4;2*1H;;/q;-1;;;;2*+1;;;;;;;+2;+3/p-6. The first kappa shape index (κ1) is 120. The van der Waals surface area contributed by atoms with E-state index < -0.39 is 11.9 Å². The number of carbonyl (C=O) groups is 4. The van der Waals surface area contributed by atoms with Crippen molar-refractivity contribution in [1.29, 1.82) is 0 Å². The Morgan fingerprint density at radius 2 is 0.902 bits per heavy atom. The first-order chi connectivity index (χ1) is 61.9. The largest absolute Gasteiger partial charge is 3.00 e. The second-order valence-electron chi connectivity index (χ2n) is 30.3. The number of hydrogen-bond donors (Lipinski definition) is 7. The molecular weight excluding hydrogens is 1790 g/mol. The molecule has 5 aliphatic rings. The molecule has 1 radical (unpaired) electrons. The Kier molecular flexibility index (Phi) is 56.6. The summed E-state index contributed by atoms with van der Waals surface area (Å²) in [5.74, 6) is -1.78. The third-order valence-electron chi connectivity index (χ3n) is 21.8. The number of carboxylic acids is 2. The molecule has 1 atom stereocenters. The minimum absolute atomic E-state index is 0. The topological polar surface area (TPSA) is 325 Å². The zero-order valence-corrected chi connectivity index (χ0v) is 84.7. The van der Waals surface area contributed by atoms with Crippen molar-refractivity contribution in [3.05, 3.63) is 311 Å². The van der Waals surface area contributed by atoms with E-state index >= 15 is 0 Å². The van der Waals surface area contributed by atoms with Gasteiger partial charge in [-0.2, -0.15) is 0 Å². The Bertz CT molecular complexity index is 5750. The Morgan fingerprint density at radius 3 is 1.36 bits per heavy atom. The van der Waals surface area contributed by atoms with Crippen LogP contribution in [-0.2, 0) is 98.1 Å². The SMILES string of the molecule is C.CC.CC.CC.CCC1=C(C)C2=NC1=Cc1[n-]c(c(CCC(=O)O)c1C)C=C1[N-]C(C=c3[n-]c(c(CC)c3C)=C2)C(C)=C1CCC(=O)O.CCC1=C(C)c2cc3[n-]c(cc4nc(cc5[n-]c(cc1n2)c(C)c5CCC(=O)NCc1ccccc1)C(CCC(=O)NCc1ccccc1)=C4C)c(C)c3CC.C[CH+]C.C[CH+]C.NCc1ccccc1.[Cl-].[Cl-].[Co+2].[Co+3].c1c[nH]cn1.c1c[nH]cn1. The molecule has 715 valence electrons. The molecule has 25 heteroatoms. The number of aliphatic imine (C=N–C) groups is 1. The molecule has 2 amide bonds. The van der Waals surface area contributed by atoms with Gasteiger partial charge >= 0.3 is 45.5 Å². The minimum atomic E-state index is -0.874. The first-order valence-corrected chi connectivity index (χ1v) is 45.2. The molecular formula is C108H140Cl2Co2N15O6. The second kappa shape index (κ2) is 62.9. The van der Waals surface area contributed by atoms with Crippen LogP contribution in [0.25, 0.3) is 74.0 Å². The van der Waals surface area contributed by atoms with Crippen LogP contribution in [0.15, 0.2) is 191 Å². The summed E-state index contributed by atoms with van der Waals surface area (Å²) >= 11 is 0. The molecule has 1 unspecified atom stereocenters. The van der Waals surface area contributed by atoms with Crippen molar-refractivity contribution < 1.29 is 87.8 Å². The Hall–Kier alpha value is -11.4. The number of nitrogens with two attached hydrogens (primary N) is 1. The number of fused-ring (bicyclic) bond motifs is 15. The molecule has 10 aromatic rings. The quantitative estimate of drug-likeness (QED) is 0.0329. The van der Waals surface area contributed by atoms with Gasteiger partial charge in [-0.15, -0.1) is 55.9 Å². The van der Waals surface area contributed by atoms with Crippen molar-refractivity contribution in [2.45, 2.75) is 262 Å². The number of benzene rings is 3. The summed E-state index contributed by atoms with van der Waals surface area (Å²) in [7, 11) is 0. The van der Waals surface area contributed by atoms with Crippen LogP contribution < -0.4 is 71.8 Å². The number of rotatable bonds is 21. The number of carbonyl (C=O) groups excluding carboxylic acids is 2. The van der Waals surface area contributed by atoms with Gasteiger partial charge in [0.2, 0.25) is 11.8 Å². The summed E-state index contributed by atoms with van der Waals surface area (Å²) in [4.78, 5) is 98.1. The number of aryl methyl sites for hydroxylation is 4. The number of nitrogens with zero attached hydrogens (tertiary/aromatic N) is 10. The maximum absolute atomic E-state index is 13.2. The number of hydrogen-bond acceptors (Lipinski definition) is 10. The number of aliphatic carboxylic acids is 2. The maximum Gasteiger partial charge on any atom is 3.00 e. The van der Waals surface area contributed by atoms with Crippen molar-refractivity contribution in [3.8, 4) is 0 Å². The molecule has 0 fully saturated rings. The number of nitrogens with one attached hydrogen (secondary N) is 4. The number of aromatic nitrogens is 10. The van der Waals surface area contributed by atoms with Crippen LogP contribution in [0.4, 0.5) is 0 Å². The van der Waals surface area contributed by atoms with Gasteiger partial charge in [0, 0.05) is 70.1 Å². The summed E-state index contributed by atoms with van der Waals surface area (Å²) in [6, 6.07) is 37.9. The van der Waals surface area contributed by atoms with Crippen molar-refractivity contribution in [2.75, 3.05) is 0 Å². The molecule has 16 bridgehead atoms. The van der Waals surface area contributed by atoms with E-state index in [4.69, 9.17) is 45.9 Å². The molecule has 5 aliphatic heterocycles. The fourth-order valence-corrected chi connectivity index (χ4v) is 15.1. The zero-order valence-electron chi connectivity index (χ0n) is 81.1. The predicted octanol–water partition coefficient (Wildman–Crippen LogP) is 16.4. The van der Waals surface area contributed by atoms with Crippen LogP contribution in [0.1, 0.15) is 279 Å². The molecule has 7 aromatic heterocycles. The fourth-order valence-electron chi connectivity index (χ4n) is 15.1. The van der Waals surface area contributed by atoms with Crippen molar-refractivity contribution in [2.24, 2.45) is 10.7 Å². The summed E-state index contributed by atoms with van der Waals surface area (Å²) in [6.45, 7) is 46.8. The minimum Gasteiger partial charge on any atom is -1.00 e. The summed E-state index contributed by atoms with van der Waals surface area (Å²) in [6.07, 6.45) is 27.8. The fraction of sp³-hybridized carbons (Fsp3) is 0.361. The molecule has 21 nitrogen and oxygen atoms in total. The van der Waals surface area contributed by atoms with E-state index in [0.717, 1.165) is 182 Å². The van der Waals surface area contributed by atoms with E-state index in [1.807, 2.05) is 205 Å². The number of halogens is 2. The second-order valence-corrected chi connectivity index (χ2v) is 30.3. The van der Waals surface area contributed by atoms with Gasteiger partial charge in [0.05, 0.1) is 87.4 Å². The molecule has 3 aromatic carbocycles. The molecule has 8 N–H and O–H groups in total. The third-order valence-corrected chi connectivity index (χ3v) is 21.8. The van der Waals surface area contributed by atoms with Crippen LogP contribution in [-0.4, -0.2) is 75.6 Å². The first-order valence-electron chi connectivity index (χ1n) is 45.2. The van der Waals surface area contributed by atoms with E-state index in [0.29, 0.717) is 69.6 Å². The number of amides is 2. The molecule has 15 rings (SSSR count). The van der Waals surface area contributed by atoms with Gasteiger partial charge in [-0.3, -0.25) is 19.2 Å². The van der Waals surface area contributed by atoms with Gasteiger partial charge in [-0.05, 0) is 157 Å². The van der Waals surface area contributed by atoms with E-state index in [9.17, 15) is 29.4 Å². The Morgan fingerprint density at radius 1 is 0.466 bits per heavy atom. The third kappa shape index (κ3) is 34.2. The number of aromatic amines is 2. The molecule has 133 heavy (non-hydrogen) atoms. The maximum atomic E-state index is 13.2. The van der Waals surface area contributed by atoms with Crippen LogP contribution >= 0.6 is 0 Å². The van der Waals surface area contributed by atoms with Crippen molar-refractivity contribution in [3.63, 3.8) is 0 Å². The predicted molar refractivity (Wildman–Crippen MR) is 536 cm³/mol. The van der Waals surface area contributed by atoms with Crippen molar-refractivity contribution >= 4 is 98.1 Å². The van der Waals surface area contributed by atoms with Gasteiger partial charge in [0.25, 0.3) is 0 Å². The van der Waals surface area contributed by atoms with E-state index in [2.05, 4.69) is 130 Å².